The van der Waals surface area contributed by atoms with Gasteiger partial charge in [-0.15, -0.1) is 0 Å². The van der Waals surface area contributed by atoms with Crippen molar-refractivity contribution in [3.05, 3.63) is 0 Å². The first-order chi connectivity index (χ1) is 4.84. The third kappa shape index (κ3) is 3.21. The van der Waals surface area contributed by atoms with Crippen LogP contribution in [0.4, 0.5) is 0 Å². The van der Waals surface area contributed by atoms with E-state index in [9.17, 15) is 0 Å². The highest BCUT2D eigenvalue weighted by molar-refractivity contribution is 4.74. The summed E-state index contributed by atoms with van der Waals surface area (Å²) in [6.07, 6.45) is 8.19. The van der Waals surface area contributed by atoms with Gasteiger partial charge in [0.2, 0.25) is 0 Å². The molecule has 0 aliphatic heterocycles. The van der Waals surface area contributed by atoms with E-state index in [0.29, 0.717) is 6.04 Å². The molecule has 0 bridgehead atoms. The van der Waals surface area contributed by atoms with E-state index >= 15 is 0 Å². The molecule has 11 heavy (non-hydrogen) atoms. The van der Waals surface area contributed by atoms with Gasteiger partial charge in [-0.3, -0.25) is 0 Å². The Bertz CT molecular complexity index is 87.6. The first-order valence-corrected chi connectivity index (χ1v) is 4.60. The monoisotopic (exact) mass is 158 g/mol. The van der Waals surface area contributed by atoms with Crippen molar-refractivity contribution in [1.82, 2.24) is 6.15 Å². The minimum Gasteiger partial charge on any atom is -0.344 e. The minimum atomic E-state index is 0. The lowest BCUT2D eigenvalue weighted by molar-refractivity contribution is 0.300. The van der Waals surface area contributed by atoms with E-state index in [0.717, 1.165) is 12.3 Å². The Morgan fingerprint density at radius 2 is 1.82 bits per heavy atom. The highest BCUT2D eigenvalue weighted by Gasteiger charge is 2.18. The average molecular weight is 158 g/mol. The summed E-state index contributed by atoms with van der Waals surface area (Å²) in [6.45, 7) is 2.19. The van der Waals surface area contributed by atoms with Crippen LogP contribution in [0.15, 0.2) is 0 Å². The van der Waals surface area contributed by atoms with Gasteiger partial charge in [0.25, 0.3) is 0 Å². The predicted octanol–water partition coefficient (Wildman–Crippen LogP) is 2.47. The van der Waals surface area contributed by atoms with Crippen molar-refractivity contribution in [3.63, 3.8) is 0 Å². The molecule has 0 radical (unpaired) electrons. The van der Waals surface area contributed by atoms with Crippen molar-refractivity contribution in [2.24, 2.45) is 11.7 Å². The maximum absolute atomic E-state index is 5.95. The summed E-state index contributed by atoms with van der Waals surface area (Å²) in [7, 11) is 0. The molecule has 1 rings (SSSR count). The van der Waals surface area contributed by atoms with Gasteiger partial charge in [-0.2, -0.15) is 0 Å². The minimum absolute atomic E-state index is 0. The van der Waals surface area contributed by atoms with Crippen molar-refractivity contribution < 1.29 is 0 Å². The number of nitrogens with two attached hydrogens (primary N) is 1. The first kappa shape index (κ1) is 10.9. The normalized spacial score (nSPS) is 22.4. The van der Waals surface area contributed by atoms with Gasteiger partial charge in [-0.1, -0.05) is 26.2 Å². The summed E-state index contributed by atoms with van der Waals surface area (Å²) < 4.78 is 0. The van der Waals surface area contributed by atoms with Crippen LogP contribution >= 0.6 is 0 Å². The fourth-order valence-electron chi connectivity index (χ4n) is 1.90. The number of hydrogen-bond acceptors (Lipinski definition) is 2. The zero-order chi connectivity index (χ0) is 7.40. The average Bonchev–Trinajstić information content (AvgIpc) is 2.05. The van der Waals surface area contributed by atoms with E-state index in [2.05, 4.69) is 6.92 Å². The van der Waals surface area contributed by atoms with E-state index in [-0.39, 0.29) is 6.15 Å². The number of rotatable bonds is 2. The van der Waals surface area contributed by atoms with Gasteiger partial charge in [0.1, 0.15) is 0 Å². The summed E-state index contributed by atoms with van der Waals surface area (Å²) in [5, 5.41) is 0. The van der Waals surface area contributed by atoms with E-state index in [1.165, 1.54) is 32.1 Å². The van der Waals surface area contributed by atoms with Crippen LogP contribution in [-0.4, -0.2) is 6.04 Å². The lowest BCUT2D eigenvalue weighted by Gasteiger charge is -2.26. The molecule has 0 aromatic heterocycles. The standard InChI is InChI=1S/C9H19N.H3N/c1-2-9(10)8-6-4-3-5-7-8;/h8-9H,2-7,10H2,1H3;1H3. The summed E-state index contributed by atoms with van der Waals surface area (Å²) in [6, 6.07) is 0.486. The molecule has 1 atom stereocenters. The molecule has 0 amide bonds. The molecular formula is C9H22N2. The number of hydrogen-bond donors (Lipinski definition) is 2. The second kappa shape index (κ2) is 5.56. The SMILES string of the molecule is CCC(N)C1CCCCC1.N. The Kier molecular flexibility index (Phi) is 5.51. The van der Waals surface area contributed by atoms with E-state index in [4.69, 9.17) is 5.73 Å². The quantitative estimate of drug-likeness (QED) is 0.648. The Hall–Kier alpha value is -0.0800. The van der Waals surface area contributed by atoms with Gasteiger partial charge in [-0.25, -0.2) is 0 Å². The van der Waals surface area contributed by atoms with Gasteiger partial charge in [0.05, 0.1) is 0 Å². The predicted molar refractivity (Wildman–Crippen MR) is 49.9 cm³/mol. The van der Waals surface area contributed by atoms with Crippen LogP contribution in [-0.2, 0) is 0 Å². The molecule has 1 unspecified atom stereocenters. The Labute approximate surface area is 70.1 Å². The van der Waals surface area contributed by atoms with Crippen LogP contribution < -0.4 is 11.9 Å². The third-order valence-electron chi connectivity index (χ3n) is 2.73. The molecule has 2 nitrogen and oxygen atoms in total. The zero-order valence-corrected chi connectivity index (χ0v) is 7.68. The van der Waals surface area contributed by atoms with Gasteiger partial charge < -0.3 is 11.9 Å². The second-order valence-electron chi connectivity index (χ2n) is 3.47. The lowest BCUT2D eigenvalue weighted by atomic mass is 9.83. The second-order valence-corrected chi connectivity index (χ2v) is 3.47. The Morgan fingerprint density at radius 3 is 2.27 bits per heavy atom. The maximum atomic E-state index is 5.95. The fraction of sp³-hybridized carbons (Fsp3) is 1.00. The van der Waals surface area contributed by atoms with Gasteiger partial charge in [0, 0.05) is 6.04 Å². The first-order valence-electron chi connectivity index (χ1n) is 4.60. The Morgan fingerprint density at radius 1 is 1.27 bits per heavy atom. The summed E-state index contributed by atoms with van der Waals surface area (Å²) in [5.74, 6) is 0.846. The highest BCUT2D eigenvalue weighted by atomic mass is 14.6. The highest BCUT2D eigenvalue weighted by Crippen LogP contribution is 2.26. The molecule has 5 N–H and O–H groups in total. The van der Waals surface area contributed by atoms with Crippen LogP contribution in [0.2, 0.25) is 0 Å². The van der Waals surface area contributed by atoms with Gasteiger partial charge in [0.15, 0.2) is 0 Å². The molecule has 1 saturated carbocycles. The molecule has 1 aliphatic rings. The summed E-state index contributed by atoms with van der Waals surface area (Å²) in [5.41, 5.74) is 5.95. The lowest BCUT2D eigenvalue weighted by Crippen LogP contribution is -2.30. The van der Waals surface area contributed by atoms with Crippen LogP contribution in [0.3, 0.4) is 0 Å². The molecule has 1 aliphatic carbocycles. The smallest absolute Gasteiger partial charge is 0.00645 e. The van der Waals surface area contributed by atoms with Crippen molar-refractivity contribution in [2.45, 2.75) is 51.5 Å². The molecule has 0 spiro atoms. The summed E-state index contributed by atoms with van der Waals surface area (Å²) in [4.78, 5) is 0. The van der Waals surface area contributed by atoms with Crippen molar-refractivity contribution in [1.29, 1.82) is 0 Å². The van der Waals surface area contributed by atoms with Gasteiger partial charge in [-0.05, 0) is 25.2 Å². The largest absolute Gasteiger partial charge is 0.344 e. The van der Waals surface area contributed by atoms with Crippen molar-refractivity contribution in [3.8, 4) is 0 Å². The molecule has 0 aromatic rings. The van der Waals surface area contributed by atoms with Crippen molar-refractivity contribution in [2.75, 3.05) is 0 Å². The summed E-state index contributed by atoms with van der Waals surface area (Å²) >= 11 is 0. The molecule has 0 saturated heterocycles. The van der Waals surface area contributed by atoms with Gasteiger partial charge >= 0.3 is 0 Å². The topological polar surface area (TPSA) is 61.0 Å². The van der Waals surface area contributed by atoms with Crippen LogP contribution in [0.1, 0.15) is 45.4 Å². The maximum Gasteiger partial charge on any atom is 0.00645 e. The zero-order valence-electron chi connectivity index (χ0n) is 7.68. The molecule has 2 heteroatoms. The van der Waals surface area contributed by atoms with Crippen LogP contribution in [0, 0.1) is 5.92 Å². The molecular weight excluding hydrogens is 136 g/mol. The van der Waals surface area contributed by atoms with Crippen LogP contribution in [0.25, 0.3) is 0 Å². The molecule has 1 fully saturated rings. The van der Waals surface area contributed by atoms with E-state index < -0.39 is 0 Å². The Balaban J connectivity index is 0.000001000. The molecule has 0 heterocycles. The van der Waals surface area contributed by atoms with E-state index in [1.807, 2.05) is 0 Å². The van der Waals surface area contributed by atoms with Crippen molar-refractivity contribution >= 4 is 0 Å². The third-order valence-corrected chi connectivity index (χ3v) is 2.73. The van der Waals surface area contributed by atoms with Crippen LogP contribution in [0.5, 0.6) is 0 Å². The van der Waals surface area contributed by atoms with E-state index in [1.54, 1.807) is 0 Å². The molecule has 68 valence electrons. The fourth-order valence-corrected chi connectivity index (χ4v) is 1.90. The molecule has 0 aromatic carbocycles.